The lowest BCUT2D eigenvalue weighted by Crippen LogP contribution is -2.41. The molecule has 4 aromatic rings. The largest absolute Gasteiger partial charge is 0.490 e. The van der Waals surface area contributed by atoms with Crippen LogP contribution >= 0.6 is 11.6 Å². The SMILES string of the molecule is Cc1ccc2c(c1)N(C)C[C@@H](COc1ccc(C(=O)n3c(C)c(CC(=O)O)c4cc(F)ccc43)c(Cl)c1)O2. The molecule has 0 fully saturated rings. The number of aromatic nitrogens is 1. The van der Waals surface area contributed by atoms with Crippen LogP contribution in [0.25, 0.3) is 10.9 Å². The number of rotatable bonds is 6. The molecular formula is C29H26ClFN2O5. The lowest BCUT2D eigenvalue weighted by molar-refractivity contribution is -0.136. The number of carbonyl (C=O) groups is 2. The summed E-state index contributed by atoms with van der Waals surface area (Å²) in [5.41, 5.74) is 3.62. The van der Waals surface area contributed by atoms with Crippen LogP contribution in [0.2, 0.25) is 5.02 Å². The van der Waals surface area contributed by atoms with E-state index in [4.69, 9.17) is 21.1 Å². The molecule has 1 aliphatic heterocycles. The van der Waals surface area contributed by atoms with E-state index < -0.39 is 17.7 Å². The fraction of sp³-hybridized carbons (Fsp3) is 0.241. The van der Waals surface area contributed by atoms with Gasteiger partial charge in [-0.3, -0.25) is 14.2 Å². The maximum atomic E-state index is 14.0. The first kappa shape index (κ1) is 25.6. The van der Waals surface area contributed by atoms with Crippen molar-refractivity contribution in [2.75, 3.05) is 25.1 Å². The van der Waals surface area contributed by atoms with Crippen molar-refractivity contribution in [1.29, 1.82) is 0 Å². The van der Waals surface area contributed by atoms with Gasteiger partial charge in [0.15, 0.2) is 0 Å². The van der Waals surface area contributed by atoms with Gasteiger partial charge in [-0.2, -0.15) is 0 Å². The highest BCUT2D eigenvalue weighted by Crippen LogP contribution is 2.34. The number of hydrogen-bond donors (Lipinski definition) is 1. The van der Waals surface area contributed by atoms with Crippen LogP contribution in [0.15, 0.2) is 54.6 Å². The zero-order valence-corrected chi connectivity index (χ0v) is 21.9. The average molecular weight is 537 g/mol. The predicted molar refractivity (Wildman–Crippen MR) is 144 cm³/mol. The molecule has 0 saturated carbocycles. The van der Waals surface area contributed by atoms with Crippen LogP contribution in [0, 0.1) is 19.7 Å². The number of likely N-dealkylation sites (N-methyl/N-ethyl adjacent to an activating group) is 1. The summed E-state index contributed by atoms with van der Waals surface area (Å²) < 4.78 is 27.4. The number of ether oxygens (including phenoxy) is 2. The molecule has 0 spiro atoms. The van der Waals surface area contributed by atoms with Gasteiger partial charge in [0.05, 0.1) is 34.8 Å². The van der Waals surface area contributed by atoms with Gasteiger partial charge < -0.3 is 19.5 Å². The van der Waals surface area contributed by atoms with E-state index in [1.807, 2.05) is 26.1 Å². The molecule has 1 atom stereocenters. The van der Waals surface area contributed by atoms with Crippen molar-refractivity contribution in [3.63, 3.8) is 0 Å². The smallest absolute Gasteiger partial charge is 0.307 e. The minimum absolute atomic E-state index is 0.179. The van der Waals surface area contributed by atoms with Gasteiger partial charge in [-0.15, -0.1) is 0 Å². The Balaban J connectivity index is 1.36. The molecule has 0 aliphatic carbocycles. The molecule has 9 heteroatoms. The lowest BCUT2D eigenvalue weighted by atomic mass is 10.1. The molecule has 1 aromatic heterocycles. The highest BCUT2D eigenvalue weighted by atomic mass is 35.5. The van der Waals surface area contributed by atoms with Gasteiger partial charge in [0.2, 0.25) is 0 Å². The van der Waals surface area contributed by atoms with Gasteiger partial charge in [0.25, 0.3) is 5.91 Å². The molecule has 2 heterocycles. The second kappa shape index (κ2) is 10.0. The molecule has 0 unspecified atom stereocenters. The van der Waals surface area contributed by atoms with Crippen molar-refractivity contribution in [3.05, 3.63) is 87.8 Å². The summed E-state index contributed by atoms with van der Waals surface area (Å²) >= 11 is 6.51. The maximum Gasteiger partial charge on any atom is 0.307 e. The molecule has 0 amide bonds. The minimum atomic E-state index is -1.07. The van der Waals surface area contributed by atoms with Crippen LogP contribution in [0.4, 0.5) is 10.1 Å². The standard InChI is InChI=1S/C29H26ClFN2O5/c1-16-4-9-27-26(10-16)32(3)14-20(38-27)15-37-19-6-7-21(24(30)12-19)29(36)33-17(2)22(13-28(34)35)23-11-18(31)5-8-25(23)33/h4-12,20H,13-15H2,1-3H3,(H,34,35)/t20-/m0/s1. The number of hydrogen-bond acceptors (Lipinski definition) is 5. The van der Waals surface area contributed by atoms with Crippen molar-refractivity contribution >= 4 is 40.1 Å². The first-order chi connectivity index (χ1) is 18.1. The molecule has 196 valence electrons. The summed E-state index contributed by atoms with van der Waals surface area (Å²) in [7, 11) is 2.01. The number of aryl methyl sites for hydroxylation is 1. The zero-order chi connectivity index (χ0) is 27.1. The van der Waals surface area contributed by atoms with E-state index in [2.05, 4.69) is 11.0 Å². The third-order valence-corrected chi connectivity index (χ3v) is 7.04. The van der Waals surface area contributed by atoms with E-state index in [9.17, 15) is 19.1 Å². The van der Waals surface area contributed by atoms with Gasteiger partial charge in [-0.1, -0.05) is 17.7 Å². The second-order valence-corrected chi connectivity index (χ2v) is 9.89. The van der Waals surface area contributed by atoms with Crippen LogP contribution in [0.1, 0.15) is 27.2 Å². The Bertz CT molecular complexity index is 1580. The summed E-state index contributed by atoms with van der Waals surface area (Å²) in [5, 5.41) is 9.90. The summed E-state index contributed by atoms with van der Waals surface area (Å²) in [6.07, 6.45) is -0.535. The maximum absolute atomic E-state index is 14.0. The van der Waals surface area contributed by atoms with Gasteiger partial charge in [-0.25, -0.2) is 4.39 Å². The first-order valence-corrected chi connectivity index (χ1v) is 12.5. The normalized spacial score (nSPS) is 14.8. The van der Waals surface area contributed by atoms with Crippen LogP contribution in [-0.4, -0.2) is 47.9 Å². The monoisotopic (exact) mass is 536 g/mol. The quantitative estimate of drug-likeness (QED) is 0.343. The Morgan fingerprint density at radius 1 is 1.13 bits per heavy atom. The first-order valence-electron chi connectivity index (χ1n) is 12.1. The molecule has 0 saturated heterocycles. The van der Waals surface area contributed by atoms with E-state index in [-0.39, 0.29) is 29.7 Å². The Kier molecular flexibility index (Phi) is 6.75. The average Bonchev–Trinajstić information content (AvgIpc) is 3.13. The van der Waals surface area contributed by atoms with Crippen LogP contribution < -0.4 is 14.4 Å². The number of anilines is 1. The molecule has 0 radical (unpaired) electrons. The topological polar surface area (TPSA) is 81.0 Å². The van der Waals surface area contributed by atoms with Crippen molar-refractivity contribution in [3.8, 4) is 11.5 Å². The Hall–Kier alpha value is -4.04. The van der Waals surface area contributed by atoms with E-state index in [1.54, 1.807) is 25.1 Å². The van der Waals surface area contributed by atoms with Crippen molar-refractivity contribution < 1.29 is 28.6 Å². The number of carboxylic acid groups (broad SMARTS) is 1. The molecule has 3 aromatic carbocycles. The Morgan fingerprint density at radius 3 is 2.66 bits per heavy atom. The van der Waals surface area contributed by atoms with Gasteiger partial charge in [-0.05, 0) is 73.5 Å². The van der Waals surface area contributed by atoms with E-state index in [0.717, 1.165) is 17.0 Å². The molecule has 7 nitrogen and oxygen atoms in total. The molecule has 38 heavy (non-hydrogen) atoms. The highest BCUT2D eigenvalue weighted by Gasteiger charge is 2.25. The van der Waals surface area contributed by atoms with Gasteiger partial charge >= 0.3 is 5.97 Å². The summed E-state index contributed by atoms with van der Waals surface area (Å²) in [5.74, 6) is -0.754. The Morgan fingerprint density at radius 2 is 1.92 bits per heavy atom. The summed E-state index contributed by atoms with van der Waals surface area (Å²) in [6.45, 7) is 4.61. The third kappa shape index (κ3) is 4.79. The number of halogens is 2. The lowest BCUT2D eigenvalue weighted by Gasteiger charge is -2.34. The fourth-order valence-corrected chi connectivity index (χ4v) is 5.14. The number of fused-ring (bicyclic) bond motifs is 2. The summed E-state index contributed by atoms with van der Waals surface area (Å²) in [6, 6.07) is 14.8. The van der Waals surface area contributed by atoms with Gasteiger partial charge in [0.1, 0.15) is 30.0 Å². The molecule has 1 N–H and O–H groups in total. The summed E-state index contributed by atoms with van der Waals surface area (Å²) in [4.78, 5) is 27.1. The molecular weight excluding hydrogens is 511 g/mol. The number of carbonyl (C=O) groups excluding carboxylic acids is 1. The van der Waals surface area contributed by atoms with Crippen molar-refractivity contribution in [2.45, 2.75) is 26.4 Å². The Labute approximate surface area is 223 Å². The van der Waals surface area contributed by atoms with E-state index in [0.29, 0.717) is 34.5 Å². The minimum Gasteiger partial charge on any atom is -0.490 e. The van der Waals surface area contributed by atoms with Crippen molar-refractivity contribution in [2.24, 2.45) is 0 Å². The van der Waals surface area contributed by atoms with Crippen LogP contribution in [-0.2, 0) is 11.2 Å². The zero-order valence-electron chi connectivity index (χ0n) is 21.1. The second-order valence-electron chi connectivity index (χ2n) is 9.48. The van der Waals surface area contributed by atoms with Gasteiger partial charge in [0, 0.05) is 18.1 Å². The fourth-order valence-electron chi connectivity index (χ4n) is 4.89. The number of benzene rings is 3. The predicted octanol–water partition coefficient (Wildman–Crippen LogP) is 5.64. The van der Waals surface area contributed by atoms with Crippen molar-refractivity contribution in [1.82, 2.24) is 4.57 Å². The number of carboxylic acids is 1. The molecule has 1 aliphatic rings. The van der Waals surface area contributed by atoms with Crippen LogP contribution in [0.5, 0.6) is 11.5 Å². The number of nitrogens with zero attached hydrogens (tertiary/aromatic N) is 2. The van der Waals surface area contributed by atoms with E-state index in [1.165, 1.54) is 22.8 Å². The molecule has 0 bridgehead atoms. The number of aliphatic carboxylic acids is 1. The highest BCUT2D eigenvalue weighted by molar-refractivity contribution is 6.34. The molecule has 5 rings (SSSR count). The van der Waals surface area contributed by atoms with E-state index >= 15 is 0 Å². The van der Waals surface area contributed by atoms with Crippen LogP contribution in [0.3, 0.4) is 0 Å². The third-order valence-electron chi connectivity index (χ3n) is 6.73.